The number of fused-ring (bicyclic) bond motifs is 4. The molecule has 2 bridgehead atoms. The predicted molar refractivity (Wildman–Crippen MR) is 114 cm³/mol. The van der Waals surface area contributed by atoms with Crippen molar-refractivity contribution in [3.63, 3.8) is 0 Å². The molecule has 2 aromatic rings. The molecule has 2 fully saturated rings. The van der Waals surface area contributed by atoms with Crippen molar-refractivity contribution >= 4 is 11.3 Å². The van der Waals surface area contributed by atoms with Gasteiger partial charge in [0.2, 0.25) is 0 Å². The van der Waals surface area contributed by atoms with E-state index in [0.29, 0.717) is 11.8 Å². The lowest BCUT2D eigenvalue weighted by Crippen LogP contribution is -2.45. The molecule has 0 amide bonds. The molecule has 2 atom stereocenters. The van der Waals surface area contributed by atoms with Crippen LogP contribution in [0, 0.1) is 5.92 Å². The van der Waals surface area contributed by atoms with Crippen LogP contribution in [0.5, 0.6) is 0 Å². The lowest BCUT2D eigenvalue weighted by atomic mass is 9.84. The molecule has 5 nitrogen and oxygen atoms in total. The highest BCUT2D eigenvalue weighted by Crippen LogP contribution is 2.31. The van der Waals surface area contributed by atoms with Gasteiger partial charge in [-0.3, -0.25) is 14.6 Å². The highest BCUT2D eigenvalue weighted by Gasteiger charge is 2.31. The first-order valence-electron chi connectivity index (χ1n) is 10.7. The van der Waals surface area contributed by atoms with E-state index in [2.05, 4.69) is 49.3 Å². The number of nitrogens with one attached hydrogen (secondary N) is 1. The van der Waals surface area contributed by atoms with Crippen LogP contribution in [0.2, 0.25) is 0 Å². The molecule has 0 aromatic carbocycles. The van der Waals surface area contributed by atoms with Crippen LogP contribution in [-0.2, 0) is 19.6 Å². The molecule has 0 saturated carbocycles. The third-order valence-corrected chi connectivity index (χ3v) is 7.48. The number of aromatic nitrogens is 1. The first kappa shape index (κ1) is 18.6. The van der Waals surface area contributed by atoms with E-state index in [9.17, 15) is 4.79 Å². The van der Waals surface area contributed by atoms with Crippen LogP contribution in [0.25, 0.3) is 0 Å². The molecule has 2 aromatic heterocycles. The maximum Gasteiger partial charge on any atom is 0.255 e. The number of rotatable bonds is 4. The average Bonchev–Trinajstić information content (AvgIpc) is 3.11. The molecule has 0 spiro atoms. The third-order valence-electron chi connectivity index (χ3n) is 6.62. The fraction of sp³-hybridized carbons (Fsp3) is 0.591. The topological polar surface area (TPSA) is 40.5 Å². The number of nitrogens with zero attached hydrogens (tertiary/aromatic N) is 3. The predicted octanol–water partition coefficient (Wildman–Crippen LogP) is 2.32. The van der Waals surface area contributed by atoms with Gasteiger partial charge in [0, 0.05) is 61.3 Å². The Balaban J connectivity index is 1.26. The van der Waals surface area contributed by atoms with Gasteiger partial charge in [0.1, 0.15) is 0 Å². The van der Waals surface area contributed by atoms with E-state index < -0.39 is 0 Å². The van der Waals surface area contributed by atoms with E-state index in [1.54, 1.807) is 0 Å². The van der Waals surface area contributed by atoms with Gasteiger partial charge < -0.3 is 9.88 Å². The number of pyridine rings is 1. The summed E-state index contributed by atoms with van der Waals surface area (Å²) < 4.78 is 2.09. The maximum atomic E-state index is 13.2. The summed E-state index contributed by atoms with van der Waals surface area (Å²) in [6, 6.07) is 8.70. The van der Waals surface area contributed by atoms with Gasteiger partial charge in [0.05, 0.1) is 0 Å². The molecule has 6 heteroatoms. The van der Waals surface area contributed by atoms with E-state index in [0.717, 1.165) is 64.5 Å². The van der Waals surface area contributed by atoms with Gasteiger partial charge >= 0.3 is 0 Å². The molecule has 0 aliphatic carbocycles. The number of hydrogen-bond donors (Lipinski definition) is 1. The second kappa shape index (κ2) is 8.11. The van der Waals surface area contributed by atoms with Gasteiger partial charge in [-0.1, -0.05) is 12.1 Å². The molecular formula is C22H30N4OS. The van der Waals surface area contributed by atoms with E-state index >= 15 is 0 Å². The van der Waals surface area contributed by atoms with Crippen molar-refractivity contribution in [3.8, 4) is 0 Å². The first-order chi connectivity index (χ1) is 13.8. The lowest BCUT2D eigenvalue weighted by molar-refractivity contribution is 0.242. The van der Waals surface area contributed by atoms with Crippen molar-refractivity contribution in [1.29, 1.82) is 0 Å². The van der Waals surface area contributed by atoms with Crippen LogP contribution < -0.4 is 10.9 Å². The smallest absolute Gasteiger partial charge is 0.255 e. The maximum absolute atomic E-state index is 13.2. The molecule has 3 aliphatic heterocycles. The Labute approximate surface area is 171 Å². The normalized spacial score (nSPS) is 26.0. The molecule has 5 rings (SSSR count). The standard InChI is InChI=1S/C22H30N4OS/c27-22-18(4-5-21-19-11-17(12-23-13-19)14-26(21)22)15-24-6-2-7-25(9-8-24)16-20-3-1-10-28-20/h1,3-5,10,17,19,23H,2,6-9,11-16H2/t17-,19+/m0/s1. The summed E-state index contributed by atoms with van der Waals surface area (Å²) in [5.74, 6) is 1.13. The Morgan fingerprint density at radius 1 is 1.04 bits per heavy atom. The number of piperidine rings is 1. The van der Waals surface area contributed by atoms with Crippen LogP contribution in [0.4, 0.5) is 0 Å². The minimum absolute atomic E-state index is 0.258. The average molecular weight is 399 g/mol. The zero-order chi connectivity index (χ0) is 18.9. The molecule has 3 aliphatic rings. The van der Waals surface area contributed by atoms with Gasteiger partial charge in [-0.2, -0.15) is 0 Å². The van der Waals surface area contributed by atoms with Crippen molar-refractivity contribution in [2.45, 2.75) is 38.4 Å². The molecule has 0 unspecified atom stereocenters. The summed E-state index contributed by atoms with van der Waals surface area (Å²) in [5.41, 5.74) is 2.48. The van der Waals surface area contributed by atoms with Crippen molar-refractivity contribution < 1.29 is 0 Å². The quantitative estimate of drug-likeness (QED) is 0.858. The monoisotopic (exact) mass is 398 g/mol. The van der Waals surface area contributed by atoms with Crippen LogP contribution >= 0.6 is 11.3 Å². The largest absolute Gasteiger partial charge is 0.316 e. The van der Waals surface area contributed by atoms with Crippen LogP contribution in [0.3, 0.4) is 0 Å². The summed E-state index contributed by atoms with van der Waals surface area (Å²) in [5, 5.41) is 5.69. The van der Waals surface area contributed by atoms with Gasteiger partial charge in [-0.15, -0.1) is 11.3 Å². The molecule has 150 valence electrons. The molecule has 2 saturated heterocycles. The molecule has 0 radical (unpaired) electrons. The summed E-state index contributed by atoms with van der Waals surface area (Å²) in [6.07, 6.45) is 2.41. The lowest BCUT2D eigenvalue weighted by Gasteiger charge is -2.37. The summed E-state index contributed by atoms with van der Waals surface area (Å²) in [7, 11) is 0. The second-order valence-corrected chi connectivity index (χ2v) is 9.67. The van der Waals surface area contributed by atoms with Gasteiger partial charge in [-0.05, 0) is 55.9 Å². The Kier molecular flexibility index (Phi) is 5.37. The van der Waals surface area contributed by atoms with Crippen LogP contribution in [0.1, 0.15) is 34.9 Å². The Morgan fingerprint density at radius 3 is 2.71 bits per heavy atom. The zero-order valence-electron chi connectivity index (χ0n) is 16.5. The Hall–Kier alpha value is -1.47. The van der Waals surface area contributed by atoms with Gasteiger partial charge in [-0.25, -0.2) is 0 Å². The van der Waals surface area contributed by atoms with Crippen molar-refractivity contribution in [2.75, 3.05) is 39.3 Å². The zero-order valence-corrected chi connectivity index (χ0v) is 17.3. The first-order valence-corrected chi connectivity index (χ1v) is 11.5. The molecule has 28 heavy (non-hydrogen) atoms. The van der Waals surface area contributed by atoms with Gasteiger partial charge in [0.15, 0.2) is 0 Å². The summed E-state index contributed by atoms with van der Waals surface area (Å²) >= 11 is 1.84. The number of hydrogen-bond acceptors (Lipinski definition) is 5. The fourth-order valence-electron chi connectivity index (χ4n) is 5.16. The van der Waals surface area contributed by atoms with Crippen molar-refractivity contribution in [1.82, 2.24) is 19.7 Å². The number of thiophene rings is 1. The van der Waals surface area contributed by atoms with Crippen LogP contribution in [-0.4, -0.2) is 53.6 Å². The highest BCUT2D eigenvalue weighted by molar-refractivity contribution is 7.09. The van der Waals surface area contributed by atoms with Crippen LogP contribution in [0.15, 0.2) is 34.4 Å². The van der Waals surface area contributed by atoms with E-state index in [1.165, 1.54) is 23.4 Å². The Morgan fingerprint density at radius 2 is 1.89 bits per heavy atom. The molecule has 5 heterocycles. The van der Waals surface area contributed by atoms with E-state index in [1.807, 2.05) is 11.3 Å². The molecular weight excluding hydrogens is 368 g/mol. The van der Waals surface area contributed by atoms with Crippen molar-refractivity contribution in [2.24, 2.45) is 5.92 Å². The summed E-state index contributed by atoms with van der Waals surface area (Å²) in [6.45, 7) is 9.16. The summed E-state index contributed by atoms with van der Waals surface area (Å²) in [4.78, 5) is 19.7. The Bertz CT molecular complexity index is 862. The van der Waals surface area contributed by atoms with Crippen molar-refractivity contribution in [3.05, 3.63) is 56.1 Å². The third kappa shape index (κ3) is 3.83. The fourth-order valence-corrected chi connectivity index (χ4v) is 5.91. The van der Waals surface area contributed by atoms with E-state index in [-0.39, 0.29) is 5.56 Å². The van der Waals surface area contributed by atoms with Gasteiger partial charge in [0.25, 0.3) is 5.56 Å². The minimum Gasteiger partial charge on any atom is -0.316 e. The second-order valence-electron chi connectivity index (χ2n) is 8.64. The van der Waals surface area contributed by atoms with E-state index in [4.69, 9.17) is 0 Å². The minimum atomic E-state index is 0.258. The molecule has 1 N–H and O–H groups in total. The highest BCUT2D eigenvalue weighted by atomic mass is 32.1. The SMILES string of the molecule is O=c1c(CN2CCCN(Cc3cccs3)CC2)ccc2n1C[C@@H]1CNC[C@H]2C1.